The second-order valence-electron chi connectivity index (χ2n) is 5.15. The zero-order valence-corrected chi connectivity index (χ0v) is 13.4. The zero-order valence-electron chi connectivity index (χ0n) is 12.6. The van der Waals surface area contributed by atoms with Gasteiger partial charge < -0.3 is 14.8 Å². The summed E-state index contributed by atoms with van der Waals surface area (Å²) in [4.78, 5) is 16.9. The van der Waals surface area contributed by atoms with Crippen molar-refractivity contribution in [2.75, 3.05) is 6.61 Å². The highest BCUT2D eigenvalue weighted by Gasteiger charge is 2.19. The fraction of sp³-hybridized carbons (Fsp3) is 0.176. The van der Waals surface area contributed by atoms with Crippen LogP contribution in [0.4, 0.5) is 4.39 Å². The SMILES string of the molecule is O=C(NC(CO)c1ccco1)c1cnc(Cc2ccc(F)cc2)s1. The zero-order chi connectivity index (χ0) is 16.9. The minimum Gasteiger partial charge on any atom is -0.467 e. The Morgan fingerprint density at radius 2 is 2.12 bits per heavy atom. The van der Waals surface area contributed by atoms with Crippen LogP contribution in [0.2, 0.25) is 0 Å². The first kappa shape index (κ1) is 16.4. The second kappa shape index (κ2) is 7.37. The number of aromatic nitrogens is 1. The van der Waals surface area contributed by atoms with Gasteiger partial charge in [-0.15, -0.1) is 11.3 Å². The molecule has 0 aliphatic heterocycles. The van der Waals surface area contributed by atoms with Gasteiger partial charge in [0.1, 0.15) is 22.5 Å². The minimum absolute atomic E-state index is 0.263. The molecular weight excluding hydrogens is 331 g/mol. The second-order valence-corrected chi connectivity index (χ2v) is 6.26. The lowest BCUT2D eigenvalue weighted by Crippen LogP contribution is -2.29. The molecule has 0 radical (unpaired) electrons. The van der Waals surface area contributed by atoms with Crippen molar-refractivity contribution in [1.82, 2.24) is 10.3 Å². The van der Waals surface area contributed by atoms with Gasteiger partial charge in [0, 0.05) is 6.42 Å². The van der Waals surface area contributed by atoms with Crippen LogP contribution in [-0.4, -0.2) is 22.6 Å². The number of furan rings is 1. The van der Waals surface area contributed by atoms with Gasteiger partial charge in [-0.1, -0.05) is 12.1 Å². The van der Waals surface area contributed by atoms with Gasteiger partial charge in [0.2, 0.25) is 0 Å². The Balaban J connectivity index is 1.66. The lowest BCUT2D eigenvalue weighted by atomic mass is 10.2. The number of benzene rings is 1. The highest BCUT2D eigenvalue weighted by molar-refractivity contribution is 7.13. The normalized spacial score (nSPS) is 12.1. The van der Waals surface area contributed by atoms with Gasteiger partial charge in [-0.3, -0.25) is 4.79 Å². The highest BCUT2D eigenvalue weighted by atomic mass is 32.1. The number of aliphatic hydroxyl groups excluding tert-OH is 1. The van der Waals surface area contributed by atoms with E-state index in [1.54, 1.807) is 24.3 Å². The van der Waals surface area contributed by atoms with Crippen LogP contribution < -0.4 is 5.32 Å². The van der Waals surface area contributed by atoms with Crippen LogP contribution in [0, 0.1) is 5.82 Å². The van der Waals surface area contributed by atoms with E-state index in [1.807, 2.05) is 0 Å². The Morgan fingerprint density at radius 3 is 2.79 bits per heavy atom. The molecule has 3 rings (SSSR count). The smallest absolute Gasteiger partial charge is 0.263 e. The average Bonchev–Trinajstić information content (AvgIpc) is 3.26. The van der Waals surface area contributed by atoms with Gasteiger partial charge >= 0.3 is 0 Å². The Hall–Kier alpha value is -2.51. The number of halogens is 1. The minimum atomic E-state index is -0.602. The molecule has 2 aromatic heterocycles. The maximum atomic E-state index is 12.9. The molecule has 1 aromatic carbocycles. The summed E-state index contributed by atoms with van der Waals surface area (Å²) in [5.41, 5.74) is 0.918. The first-order valence-electron chi connectivity index (χ1n) is 7.30. The molecule has 5 nitrogen and oxygen atoms in total. The molecule has 0 aliphatic carbocycles. The van der Waals surface area contributed by atoms with Crippen molar-refractivity contribution in [3.63, 3.8) is 0 Å². The number of carbonyl (C=O) groups excluding carboxylic acids is 1. The lowest BCUT2D eigenvalue weighted by Gasteiger charge is -2.12. The van der Waals surface area contributed by atoms with Crippen LogP contribution in [0.5, 0.6) is 0 Å². The van der Waals surface area contributed by atoms with Crippen molar-refractivity contribution in [3.05, 3.63) is 75.9 Å². The first-order chi connectivity index (χ1) is 11.7. The third-order valence-corrected chi connectivity index (χ3v) is 4.42. The number of nitrogens with one attached hydrogen (secondary N) is 1. The van der Waals surface area contributed by atoms with E-state index in [-0.39, 0.29) is 18.3 Å². The summed E-state index contributed by atoms with van der Waals surface area (Å²) < 4.78 is 18.1. The number of nitrogens with zero attached hydrogens (tertiary/aromatic N) is 1. The molecule has 3 aromatic rings. The Labute approximate surface area is 141 Å². The molecule has 7 heteroatoms. The van der Waals surface area contributed by atoms with Crippen molar-refractivity contribution in [2.24, 2.45) is 0 Å². The average molecular weight is 346 g/mol. The fourth-order valence-electron chi connectivity index (χ4n) is 2.20. The van der Waals surface area contributed by atoms with Crippen molar-refractivity contribution in [1.29, 1.82) is 0 Å². The predicted molar refractivity (Wildman–Crippen MR) is 87.3 cm³/mol. The van der Waals surface area contributed by atoms with Crippen molar-refractivity contribution >= 4 is 17.2 Å². The number of rotatable bonds is 6. The van der Waals surface area contributed by atoms with Crippen LogP contribution in [-0.2, 0) is 6.42 Å². The van der Waals surface area contributed by atoms with Crippen LogP contribution >= 0.6 is 11.3 Å². The molecule has 124 valence electrons. The molecular formula is C17H15FN2O3S. The van der Waals surface area contributed by atoms with Gasteiger partial charge in [0.25, 0.3) is 5.91 Å². The number of thiazole rings is 1. The molecule has 0 fully saturated rings. The standard InChI is InChI=1S/C17H15FN2O3S/c18-12-5-3-11(4-6-12)8-16-19-9-15(24-16)17(22)20-13(10-21)14-2-1-7-23-14/h1-7,9,13,21H,8,10H2,(H,20,22). The molecule has 0 saturated carbocycles. The summed E-state index contributed by atoms with van der Waals surface area (Å²) in [5, 5.41) is 12.9. The third-order valence-electron chi connectivity index (χ3n) is 3.42. The van der Waals surface area contributed by atoms with Crippen LogP contribution in [0.3, 0.4) is 0 Å². The summed E-state index contributed by atoms with van der Waals surface area (Å²) in [6.45, 7) is -0.263. The Morgan fingerprint density at radius 1 is 1.33 bits per heavy atom. The van der Waals surface area contributed by atoms with Gasteiger partial charge in [0.15, 0.2) is 0 Å². The van der Waals surface area contributed by atoms with Crippen molar-refractivity contribution < 1.29 is 18.7 Å². The van der Waals surface area contributed by atoms with Gasteiger partial charge in [-0.05, 0) is 29.8 Å². The van der Waals surface area contributed by atoms with Gasteiger partial charge in [0.05, 0.1) is 24.1 Å². The summed E-state index contributed by atoms with van der Waals surface area (Å²) in [5.74, 6) is -0.124. The molecule has 1 amide bonds. The third kappa shape index (κ3) is 3.87. The summed E-state index contributed by atoms with van der Waals surface area (Å²) in [6, 6.07) is 8.95. The Kier molecular flexibility index (Phi) is 5.02. The first-order valence-corrected chi connectivity index (χ1v) is 8.11. The molecule has 2 heterocycles. The number of hydrogen-bond acceptors (Lipinski definition) is 5. The molecule has 24 heavy (non-hydrogen) atoms. The van der Waals surface area contributed by atoms with E-state index in [2.05, 4.69) is 10.3 Å². The maximum absolute atomic E-state index is 12.9. The van der Waals surface area contributed by atoms with E-state index in [4.69, 9.17) is 4.42 Å². The molecule has 0 spiro atoms. The highest BCUT2D eigenvalue weighted by Crippen LogP contribution is 2.19. The van der Waals surface area contributed by atoms with E-state index >= 15 is 0 Å². The number of aliphatic hydroxyl groups is 1. The number of amides is 1. The van der Waals surface area contributed by atoms with Crippen molar-refractivity contribution in [3.8, 4) is 0 Å². The molecule has 1 atom stereocenters. The maximum Gasteiger partial charge on any atom is 0.263 e. The van der Waals surface area contributed by atoms with E-state index in [0.717, 1.165) is 10.6 Å². The quantitative estimate of drug-likeness (QED) is 0.720. The summed E-state index contributed by atoms with van der Waals surface area (Å²) >= 11 is 1.26. The van der Waals surface area contributed by atoms with Gasteiger partial charge in [-0.2, -0.15) is 0 Å². The van der Waals surface area contributed by atoms with E-state index < -0.39 is 6.04 Å². The van der Waals surface area contributed by atoms with E-state index in [9.17, 15) is 14.3 Å². The van der Waals surface area contributed by atoms with Crippen LogP contribution in [0.25, 0.3) is 0 Å². The monoisotopic (exact) mass is 346 g/mol. The van der Waals surface area contributed by atoms with Crippen LogP contribution in [0.1, 0.15) is 32.0 Å². The number of hydrogen-bond donors (Lipinski definition) is 2. The topological polar surface area (TPSA) is 75.4 Å². The fourth-order valence-corrected chi connectivity index (χ4v) is 3.05. The molecule has 0 aliphatic rings. The van der Waals surface area contributed by atoms with E-state index in [1.165, 1.54) is 35.9 Å². The van der Waals surface area contributed by atoms with Gasteiger partial charge in [-0.25, -0.2) is 9.37 Å². The number of carbonyl (C=O) groups is 1. The largest absolute Gasteiger partial charge is 0.467 e. The van der Waals surface area contributed by atoms with E-state index in [0.29, 0.717) is 17.1 Å². The summed E-state index contributed by atoms with van der Waals surface area (Å²) in [6.07, 6.45) is 3.51. The molecule has 0 bridgehead atoms. The van der Waals surface area contributed by atoms with Crippen LogP contribution in [0.15, 0.2) is 53.3 Å². The predicted octanol–water partition coefficient (Wildman–Crippen LogP) is 2.93. The Bertz CT molecular complexity index is 800. The lowest BCUT2D eigenvalue weighted by molar-refractivity contribution is 0.0911. The van der Waals surface area contributed by atoms with Crippen molar-refractivity contribution in [2.45, 2.75) is 12.5 Å². The molecule has 2 N–H and O–H groups in total. The summed E-state index contributed by atoms with van der Waals surface area (Å²) in [7, 11) is 0. The molecule has 1 unspecified atom stereocenters. The molecule has 0 saturated heterocycles.